The topological polar surface area (TPSA) is 43.1 Å². The van der Waals surface area contributed by atoms with Crippen molar-refractivity contribution in [2.24, 2.45) is 23.0 Å². The highest BCUT2D eigenvalue weighted by atomic mass is 16.1. The fraction of sp³-hybridized carbons (Fsp3) is 0.900. The molecule has 0 aliphatic heterocycles. The highest BCUT2D eigenvalue weighted by Crippen LogP contribution is 2.33. The standard InChI is InChI=1S/C10H21NO/c1-7(2)6-10(5,8(3)4)9(11)12/h7-8H,6H2,1-5H3,(H2,11,12)/t10-/m0/s1. The zero-order chi connectivity index (χ0) is 9.94. The SMILES string of the molecule is CC(C)C[C@](C)(C(N)=O)C(C)C. The summed E-state index contributed by atoms with van der Waals surface area (Å²) in [6.45, 7) is 10.3. The van der Waals surface area contributed by atoms with Gasteiger partial charge < -0.3 is 5.73 Å². The van der Waals surface area contributed by atoms with Gasteiger partial charge in [0.15, 0.2) is 0 Å². The summed E-state index contributed by atoms with van der Waals surface area (Å²) in [4.78, 5) is 11.2. The van der Waals surface area contributed by atoms with Crippen LogP contribution in [0.3, 0.4) is 0 Å². The molecule has 2 nitrogen and oxygen atoms in total. The van der Waals surface area contributed by atoms with E-state index in [-0.39, 0.29) is 11.3 Å². The average Bonchev–Trinajstić information content (AvgIpc) is 1.84. The van der Waals surface area contributed by atoms with Gasteiger partial charge in [-0.1, -0.05) is 34.6 Å². The molecule has 2 N–H and O–H groups in total. The predicted molar refractivity (Wildman–Crippen MR) is 51.6 cm³/mol. The van der Waals surface area contributed by atoms with E-state index in [9.17, 15) is 4.79 Å². The van der Waals surface area contributed by atoms with E-state index in [1.54, 1.807) is 0 Å². The van der Waals surface area contributed by atoms with Crippen molar-refractivity contribution in [2.75, 3.05) is 0 Å². The second-order valence-corrected chi connectivity index (χ2v) is 4.53. The molecule has 0 saturated carbocycles. The largest absolute Gasteiger partial charge is 0.369 e. The van der Waals surface area contributed by atoms with Crippen LogP contribution >= 0.6 is 0 Å². The molecule has 1 amide bonds. The zero-order valence-corrected chi connectivity index (χ0v) is 8.85. The monoisotopic (exact) mass is 171 g/mol. The van der Waals surface area contributed by atoms with E-state index in [4.69, 9.17) is 5.73 Å². The summed E-state index contributed by atoms with van der Waals surface area (Å²) in [5.41, 5.74) is 5.04. The summed E-state index contributed by atoms with van der Waals surface area (Å²) >= 11 is 0. The molecule has 0 spiro atoms. The van der Waals surface area contributed by atoms with Crippen molar-refractivity contribution >= 4 is 5.91 Å². The minimum absolute atomic E-state index is 0.175. The van der Waals surface area contributed by atoms with Crippen LogP contribution in [0.15, 0.2) is 0 Å². The van der Waals surface area contributed by atoms with Gasteiger partial charge in [0.2, 0.25) is 5.91 Å². The van der Waals surface area contributed by atoms with Gasteiger partial charge in [-0.05, 0) is 18.3 Å². The molecule has 0 aromatic carbocycles. The molecule has 2 heteroatoms. The van der Waals surface area contributed by atoms with Gasteiger partial charge in [-0.3, -0.25) is 4.79 Å². The molecular formula is C10H21NO. The molecular weight excluding hydrogens is 150 g/mol. The van der Waals surface area contributed by atoms with Gasteiger partial charge in [-0.25, -0.2) is 0 Å². The summed E-state index contributed by atoms with van der Waals surface area (Å²) in [5, 5.41) is 0. The van der Waals surface area contributed by atoms with Crippen molar-refractivity contribution in [1.29, 1.82) is 0 Å². The third kappa shape index (κ3) is 2.50. The van der Waals surface area contributed by atoms with Gasteiger partial charge in [0, 0.05) is 5.41 Å². The molecule has 0 bridgehead atoms. The first kappa shape index (κ1) is 11.5. The zero-order valence-electron chi connectivity index (χ0n) is 8.85. The highest BCUT2D eigenvalue weighted by molar-refractivity contribution is 5.80. The van der Waals surface area contributed by atoms with Crippen molar-refractivity contribution < 1.29 is 4.79 Å². The van der Waals surface area contributed by atoms with Crippen LogP contribution in [0.25, 0.3) is 0 Å². The summed E-state index contributed by atoms with van der Waals surface area (Å²) in [5.74, 6) is 0.661. The molecule has 72 valence electrons. The maximum atomic E-state index is 11.2. The molecule has 1 atom stereocenters. The highest BCUT2D eigenvalue weighted by Gasteiger charge is 2.34. The van der Waals surface area contributed by atoms with Crippen molar-refractivity contribution in [3.8, 4) is 0 Å². The van der Waals surface area contributed by atoms with Gasteiger partial charge >= 0.3 is 0 Å². The number of amides is 1. The first-order valence-corrected chi connectivity index (χ1v) is 4.60. The Morgan fingerprint density at radius 3 is 1.83 bits per heavy atom. The number of carbonyl (C=O) groups excluding carboxylic acids is 1. The van der Waals surface area contributed by atoms with Gasteiger partial charge in [-0.2, -0.15) is 0 Å². The normalized spacial score (nSPS) is 16.6. The minimum atomic E-state index is -0.339. The maximum absolute atomic E-state index is 11.2. The first-order valence-electron chi connectivity index (χ1n) is 4.60. The summed E-state index contributed by atoms with van der Waals surface area (Å²) in [7, 11) is 0. The third-order valence-corrected chi connectivity index (χ3v) is 2.67. The molecule has 0 aromatic rings. The summed E-state index contributed by atoms with van der Waals surface area (Å²) in [6.07, 6.45) is 0.875. The van der Waals surface area contributed by atoms with Gasteiger partial charge in [0.05, 0.1) is 0 Å². The lowest BCUT2D eigenvalue weighted by Crippen LogP contribution is -2.39. The lowest BCUT2D eigenvalue weighted by molar-refractivity contribution is -0.130. The second-order valence-electron chi connectivity index (χ2n) is 4.53. The lowest BCUT2D eigenvalue weighted by Gasteiger charge is -2.31. The molecule has 0 unspecified atom stereocenters. The summed E-state index contributed by atoms with van der Waals surface area (Å²) in [6, 6.07) is 0. The van der Waals surface area contributed by atoms with Crippen LogP contribution in [0.5, 0.6) is 0 Å². The van der Waals surface area contributed by atoms with Crippen LogP contribution in [0, 0.1) is 17.3 Å². The number of rotatable bonds is 4. The van der Waals surface area contributed by atoms with Crippen LogP contribution in [-0.4, -0.2) is 5.91 Å². The third-order valence-electron chi connectivity index (χ3n) is 2.67. The fourth-order valence-corrected chi connectivity index (χ4v) is 1.47. The van der Waals surface area contributed by atoms with Crippen LogP contribution in [0.4, 0.5) is 0 Å². The van der Waals surface area contributed by atoms with E-state index in [1.165, 1.54) is 0 Å². The van der Waals surface area contributed by atoms with Crippen LogP contribution in [0.2, 0.25) is 0 Å². The van der Waals surface area contributed by atoms with Crippen LogP contribution in [0.1, 0.15) is 41.0 Å². The number of hydrogen-bond acceptors (Lipinski definition) is 1. The Balaban J connectivity index is 4.51. The lowest BCUT2D eigenvalue weighted by atomic mass is 9.73. The van der Waals surface area contributed by atoms with E-state index >= 15 is 0 Å². The second kappa shape index (κ2) is 3.92. The van der Waals surface area contributed by atoms with E-state index in [2.05, 4.69) is 13.8 Å². The van der Waals surface area contributed by atoms with E-state index in [0.29, 0.717) is 11.8 Å². The Labute approximate surface area is 75.5 Å². The predicted octanol–water partition coefficient (Wildman–Crippen LogP) is 2.18. The molecule has 12 heavy (non-hydrogen) atoms. The van der Waals surface area contributed by atoms with Crippen LogP contribution in [-0.2, 0) is 4.79 Å². The van der Waals surface area contributed by atoms with Crippen LogP contribution < -0.4 is 5.73 Å². The molecule has 0 aromatic heterocycles. The number of carbonyl (C=O) groups is 1. The van der Waals surface area contributed by atoms with Gasteiger partial charge in [-0.15, -0.1) is 0 Å². The molecule has 0 fully saturated rings. The van der Waals surface area contributed by atoms with Crippen molar-refractivity contribution in [3.05, 3.63) is 0 Å². The van der Waals surface area contributed by atoms with E-state index in [0.717, 1.165) is 6.42 Å². The smallest absolute Gasteiger partial charge is 0.223 e. The first-order chi connectivity index (χ1) is 5.30. The van der Waals surface area contributed by atoms with Crippen molar-refractivity contribution in [2.45, 2.75) is 41.0 Å². The van der Waals surface area contributed by atoms with Gasteiger partial charge in [0.25, 0.3) is 0 Å². The minimum Gasteiger partial charge on any atom is -0.369 e. The average molecular weight is 171 g/mol. The molecule has 0 radical (unpaired) electrons. The molecule has 0 rings (SSSR count). The van der Waals surface area contributed by atoms with Crippen molar-refractivity contribution in [3.63, 3.8) is 0 Å². The maximum Gasteiger partial charge on any atom is 0.223 e. The van der Waals surface area contributed by atoms with Gasteiger partial charge in [0.1, 0.15) is 0 Å². The number of nitrogens with two attached hydrogens (primary N) is 1. The number of hydrogen-bond donors (Lipinski definition) is 1. The van der Waals surface area contributed by atoms with E-state index in [1.807, 2.05) is 20.8 Å². The Hall–Kier alpha value is -0.530. The fourth-order valence-electron chi connectivity index (χ4n) is 1.47. The Kier molecular flexibility index (Phi) is 3.75. The Bertz CT molecular complexity index is 163. The molecule has 0 aliphatic rings. The molecule has 0 heterocycles. The number of primary amides is 1. The quantitative estimate of drug-likeness (QED) is 0.692. The van der Waals surface area contributed by atoms with E-state index < -0.39 is 0 Å². The molecule has 0 saturated heterocycles. The Morgan fingerprint density at radius 1 is 1.33 bits per heavy atom. The summed E-state index contributed by atoms with van der Waals surface area (Å²) < 4.78 is 0. The Morgan fingerprint density at radius 2 is 1.75 bits per heavy atom. The van der Waals surface area contributed by atoms with Crippen molar-refractivity contribution in [1.82, 2.24) is 0 Å². The molecule has 0 aliphatic carbocycles.